The normalized spacial score (nSPS) is 12.1. The van der Waals surface area contributed by atoms with Gasteiger partial charge in [0.2, 0.25) is 0 Å². The van der Waals surface area contributed by atoms with Crippen LogP contribution in [0.5, 0.6) is 0 Å². The third-order valence-electron chi connectivity index (χ3n) is 1.90. The van der Waals surface area contributed by atoms with Gasteiger partial charge in [-0.25, -0.2) is 0 Å². The van der Waals surface area contributed by atoms with Crippen molar-refractivity contribution in [2.24, 2.45) is 0 Å². The van der Waals surface area contributed by atoms with Crippen LogP contribution < -0.4 is 0 Å². The summed E-state index contributed by atoms with van der Waals surface area (Å²) in [5, 5.41) is 10.6. The first-order chi connectivity index (χ1) is 6.56. The van der Waals surface area contributed by atoms with Gasteiger partial charge in [-0.15, -0.1) is 0 Å². The summed E-state index contributed by atoms with van der Waals surface area (Å²) in [6.07, 6.45) is 0.770. The molecule has 0 heterocycles. The highest BCUT2D eigenvalue weighted by Crippen LogP contribution is 2.25. The molecular formula is C9H8INO3. The number of nitrogens with zero attached hydrogens (tertiary/aromatic N) is 1. The Morgan fingerprint density at radius 2 is 2.21 bits per heavy atom. The second-order valence-electron chi connectivity index (χ2n) is 2.89. The Kier molecular flexibility index (Phi) is 3.56. The molecule has 74 valence electrons. The lowest BCUT2D eigenvalue weighted by Crippen LogP contribution is -1.98. The van der Waals surface area contributed by atoms with Crippen molar-refractivity contribution in [3.63, 3.8) is 0 Å². The van der Waals surface area contributed by atoms with Gasteiger partial charge < -0.3 is 4.79 Å². The molecule has 0 amide bonds. The van der Waals surface area contributed by atoms with E-state index in [2.05, 4.69) is 0 Å². The van der Waals surface area contributed by atoms with Crippen LogP contribution in [0.1, 0.15) is 18.4 Å². The van der Waals surface area contributed by atoms with Crippen molar-refractivity contribution in [2.45, 2.75) is 12.8 Å². The van der Waals surface area contributed by atoms with Gasteiger partial charge in [-0.05, 0) is 34.2 Å². The second kappa shape index (κ2) is 4.50. The van der Waals surface area contributed by atoms with Crippen LogP contribution in [0, 0.1) is 13.7 Å². The number of aldehydes is 1. The van der Waals surface area contributed by atoms with Crippen LogP contribution in [0.25, 0.3) is 0 Å². The van der Waals surface area contributed by atoms with Gasteiger partial charge in [0, 0.05) is 12.0 Å². The zero-order valence-corrected chi connectivity index (χ0v) is 9.59. The quantitative estimate of drug-likeness (QED) is 0.373. The fourth-order valence-electron chi connectivity index (χ4n) is 1.03. The first-order valence-corrected chi connectivity index (χ1v) is 5.03. The van der Waals surface area contributed by atoms with Crippen molar-refractivity contribution in [3.05, 3.63) is 37.4 Å². The minimum absolute atomic E-state index is 0.0526. The van der Waals surface area contributed by atoms with Crippen molar-refractivity contribution in [1.82, 2.24) is 0 Å². The van der Waals surface area contributed by atoms with Crippen LogP contribution in [0.4, 0.5) is 5.69 Å². The second-order valence-corrected chi connectivity index (χ2v) is 4.05. The van der Waals surface area contributed by atoms with Crippen molar-refractivity contribution in [1.29, 1.82) is 0 Å². The molecule has 0 radical (unpaired) electrons. The van der Waals surface area contributed by atoms with E-state index in [4.69, 9.17) is 0 Å². The summed E-state index contributed by atoms with van der Waals surface area (Å²) < 4.78 is 0.578. The number of nitro groups is 1. The molecule has 0 aliphatic heterocycles. The van der Waals surface area contributed by atoms with Gasteiger partial charge in [-0.3, -0.25) is 10.1 Å². The molecule has 1 atom stereocenters. The lowest BCUT2D eigenvalue weighted by molar-refractivity contribution is -0.385. The summed E-state index contributed by atoms with van der Waals surface area (Å²) in [6.45, 7) is 1.71. The van der Waals surface area contributed by atoms with Crippen LogP contribution in [0.2, 0.25) is 0 Å². The first-order valence-electron chi connectivity index (χ1n) is 3.95. The minimum atomic E-state index is -0.442. The van der Waals surface area contributed by atoms with E-state index in [1.54, 1.807) is 19.1 Å². The van der Waals surface area contributed by atoms with E-state index >= 15 is 0 Å². The molecule has 0 aliphatic carbocycles. The van der Waals surface area contributed by atoms with E-state index in [0.29, 0.717) is 9.13 Å². The maximum Gasteiger partial charge on any atom is 0.282 e. The highest BCUT2D eigenvalue weighted by molar-refractivity contribution is 14.1. The molecule has 0 aliphatic rings. The Balaban J connectivity index is 3.19. The topological polar surface area (TPSA) is 60.2 Å². The monoisotopic (exact) mass is 305 g/mol. The Labute approximate surface area is 94.6 Å². The van der Waals surface area contributed by atoms with E-state index in [0.717, 1.165) is 6.29 Å². The molecule has 1 aromatic rings. The van der Waals surface area contributed by atoms with E-state index in [9.17, 15) is 14.9 Å². The summed E-state index contributed by atoms with van der Waals surface area (Å²) in [5.74, 6) is -0.300. The number of nitro benzene ring substituents is 1. The Morgan fingerprint density at radius 1 is 1.57 bits per heavy atom. The van der Waals surface area contributed by atoms with Crippen molar-refractivity contribution in [2.75, 3.05) is 0 Å². The van der Waals surface area contributed by atoms with Gasteiger partial charge in [-0.2, -0.15) is 0 Å². The summed E-state index contributed by atoms with van der Waals surface area (Å²) in [7, 11) is 0. The molecule has 0 saturated heterocycles. The van der Waals surface area contributed by atoms with Gasteiger partial charge in [-0.1, -0.05) is 13.0 Å². The van der Waals surface area contributed by atoms with Gasteiger partial charge in [0.25, 0.3) is 5.69 Å². The summed E-state index contributed by atoms with van der Waals surface area (Å²) in [6, 6.07) is 4.82. The molecule has 4 nitrogen and oxygen atoms in total. The van der Waals surface area contributed by atoms with Gasteiger partial charge in [0.05, 0.1) is 8.49 Å². The number of halogens is 1. The van der Waals surface area contributed by atoms with E-state index in [1.807, 2.05) is 22.6 Å². The average Bonchev–Trinajstić information content (AvgIpc) is 2.17. The smallest absolute Gasteiger partial charge is 0.282 e. The molecule has 1 unspecified atom stereocenters. The molecular weight excluding hydrogens is 297 g/mol. The number of hydrogen-bond acceptors (Lipinski definition) is 3. The lowest BCUT2D eigenvalue weighted by Gasteiger charge is -2.04. The fraction of sp³-hybridized carbons (Fsp3) is 0.222. The molecule has 5 heteroatoms. The predicted octanol–water partition coefficient (Wildman–Crippen LogP) is 2.50. The van der Waals surface area contributed by atoms with Crippen LogP contribution >= 0.6 is 22.6 Å². The third-order valence-corrected chi connectivity index (χ3v) is 2.81. The van der Waals surface area contributed by atoms with E-state index in [-0.39, 0.29) is 11.6 Å². The number of carbonyl (C=O) groups excluding carboxylic acids is 1. The molecule has 0 saturated carbocycles. The summed E-state index contributed by atoms with van der Waals surface area (Å²) in [5.41, 5.74) is 0.726. The molecule has 0 bridgehead atoms. The number of benzene rings is 1. The maximum atomic E-state index is 10.6. The van der Waals surface area contributed by atoms with Gasteiger partial charge in [0.15, 0.2) is 0 Å². The molecule has 0 fully saturated rings. The molecule has 0 aromatic heterocycles. The van der Waals surface area contributed by atoms with Crippen LogP contribution in [0.15, 0.2) is 18.2 Å². The van der Waals surface area contributed by atoms with E-state index < -0.39 is 4.92 Å². The summed E-state index contributed by atoms with van der Waals surface area (Å²) in [4.78, 5) is 20.7. The van der Waals surface area contributed by atoms with Crippen LogP contribution in [-0.4, -0.2) is 11.2 Å². The van der Waals surface area contributed by atoms with Crippen molar-refractivity contribution < 1.29 is 9.72 Å². The minimum Gasteiger partial charge on any atom is -0.303 e. The summed E-state index contributed by atoms with van der Waals surface area (Å²) >= 11 is 1.90. The molecule has 0 N–H and O–H groups in total. The Bertz CT molecular complexity index is 378. The standard InChI is InChI=1S/C9H8INO3/c1-6(5-12)7-2-3-8(10)9(4-7)11(13)14/h2-6H,1H3. The molecule has 0 spiro atoms. The number of hydrogen-bond donors (Lipinski definition) is 0. The fourth-order valence-corrected chi connectivity index (χ4v) is 1.56. The molecule has 14 heavy (non-hydrogen) atoms. The number of carbonyl (C=O) groups is 1. The van der Waals surface area contributed by atoms with Crippen LogP contribution in [-0.2, 0) is 4.79 Å². The van der Waals surface area contributed by atoms with Crippen molar-refractivity contribution >= 4 is 34.6 Å². The lowest BCUT2D eigenvalue weighted by atomic mass is 10.0. The zero-order valence-electron chi connectivity index (χ0n) is 7.44. The van der Waals surface area contributed by atoms with Gasteiger partial charge >= 0.3 is 0 Å². The highest BCUT2D eigenvalue weighted by atomic mass is 127. The average molecular weight is 305 g/mol. The predicted molar refractivity (Wildman–Crippen MR) is 60.3 cm³/mol. The molecule has 1 aromatic carbocycles. The van der Waals surface area contributed by atoms with Crippen LogP contribution in [0.3, 0.4) is 0 Å². The zero-order chi connectivity index (χ0) is 10.7. The Hall–Kier alpha value is -0.980. The Morgan fingerprint density at radius 3 is 2.71 bits per heavy atom. The SMILES string of the molecule is CC(C=O)c1ccc(I)c([N+](=O)[O-])c1. The highest BCUT2D eigenvalue weighted by Gasteiger charge is 2.14. The maximum absolute atomic E-state index is 10.6. The first kappa shape index (κ1) is 11.1. The third kappa shape index (κ3) is 2.28. The van der Waals surface area contributed by atoms with E-state index in [1.165, 1.54) is 6.07 Å². The van der Waals surface area contributed by atoms with Crippen molar-refractivity contribution in [3.8, 4) is 0 Å². The molecule has 1 rings (SSSR count). The number of rotatable bonds is 3. The largest absolute Gasteiger partial charge is 0.303 e. The van der Waals surface area contributed by atoms with Gasteiger partial charge in [0.1, 0.15) is 6.29 Å².